The molecule has 0 unspecified atom stereocenters. The van der Waals surface area contributed by atoms with E-state index in [1.807, 2.05) is 0 Å². The highest BCUT2D eigenvalue weighted by molar-refractivity contribution is 7.19. The van der Waals surface area contributed by atoms with Crippen LogP contribution in [-0.4, -0.2) is 19.1 Å². The van der Waals surface area contributed by atoms with Crippen LogP contribution in [0.1, 0.15) is 17.5 Å². The summed E-state index contributed by atoms with van der Waals surface area (Å²) >= 11 is 1.73. The molecule has 1 aromatic heterocycles. The van der Waals surface area contributed by atoms with Crippen molar-refractivity contribution in [1.29, 1.82) is 0 Å². The Hall–Kier alpha value is -2.91. The molecule has 3 aromatic carbocycles. The molecule has 0 amide bonds. The van der Waals surface area contributed by atoms with Crippen molar-refractivity contribution in [3.8, 4) is 0 Å². The van der Waals surface area contributed by atoms with Crippen molar-refractivity contribution in [2.45, 2.75) is 6.92 Å². The molecule has 0 aliphatic rings. The van der Waals surface area contributed by atoms with E-state index in [-0.39, 0.29) is 0 Å². The van der Waals surface area contributed by atoms with Crippen LogP contribution in [0.2, 0.25) is 0 Å². The molecule has 0 atom stereocenters. The zero-order valence-electron chi connectivity index (χ0n) is 15.8. The summed E-state index contributed by atoms with van der Waals surface area (Å²) in [6.07, 6.45) is 6.44. The molecule has 4 aromatic rings. The molecule has 0 aliphatic heterocycles. The van der Waals surface area contributed by atoms with E-state index in [1.54, 1.807) is 11.3 Å². The largest absolute Gasteiger partial charge is 0.378 e. The van der Waals surface area contributed by atoms with Gasteiger partial charge in [-0.25, -0.2) is 4.98 Å². The molecule has 0 fully saturated rings. The molecule has 4 rings (SSSR count). The summed E-state index contributed by atoms with van der Waals surface area (Å²) in [5.74, 6) is 0. The normalized spacial score (nSPS) is 12.3. The van der Waals surface area contributed by atoms with Crippen LogP contribution in [0.3, 0.4) is 0 Å². The van der Waals surface area contributed by atoms with Gasteiger partial charge in [-0.1, -0.05) is 60.2 Å². The fourth-order valence-corrected chi connectivity index (χ4v) is 4.02. The zero-order chi connectivity index (χ0) is 18.8. The fourth-order valence-electron chi connectivity index (χ4n) is 3.13. The lowest BCUT2D eigenvalue weighted by Gasteiger charge is -2.11. The van der Waals surface area contributed by atoms with E-state index in [0.717, 1.165) is 10.5 Å². The number of anilines is 1. The minimum absolute atomic E-state index is 1.04. The molecule has 0 aliphatic carbocycles. The van der Waals surface area contributed by atoms with Gasteiger partial charge in [0, 0.05) is 25.2 Å². The highest BCUT2D eigenvalue weighted by atomic mass is 32.1. The maximum atomic E-state index is 4.85. The van der Waals surface area contributed by atoms with Gasteiger partial charge in [0.25, 0.3) is 0 Å². The first kappa shape index (κ1) is 17.5. The lowest BCUT2D eigenvalue weighted by atomic mass is 10.1. The number of thiazole rings is 1. The van der Waals surface area contributed by atoms with Crippen LogP contribution in [0.4, 0.5) is 5.69 Å². The van der Waals surface area contributed by atoms with E-state index in [2.05, 4.69) is 105 Å². The SMILES string of the molecule is CC(C=Cc1nc2c(ccc3ccccc32)s1)=Cc1ccc(N(C)C)cc1. The number of hydrogen-bond acceptors (Lipinski definition) is 3. The van der Waals surface area contributed by atoms with Crippen LogP contribution in [-0.2, 0) is 0 Å². The van der Waals surface area contributed by atoms with Gasteiger partial charge < -0.3 is 4.90 Å². The summed E-state index contributed by atoms with van der Waals surface area (Å²) in [5, 5.41) is 3.50. The number of aromatic nitrogens is 1. The summed E-state index contributed by atoms with van der Waals surface area (Å²) in [4.78, 5) is 6.96. The lowest BCUT2D eigenvalue weighted by molar-refractivity contribution is 1.13. The minimum atomic E-state index is 1.04. The molecule has 0 bridgehead atoms. The second-order valence-corrected chi connectivity index (χ2v) is 7.96. The quantitative estimate of drug-likeness (QED) is 0.375. The van der Waals surface area contributed by atoms with E-state index in [4.69, 9.17) is 4.98 Å². The Balaban J connectivity index is 1.59. The zero-order valence-corrected chi connectivity index (χ0v) is 16.6. The second kappa shape index (κ2) is 7.37. The Kier molecular flexibility index (Phi) is 4.78. The number of allylic oxidation sites excluding steroid dienone is 2. The van der Waals surface area contributed by atoms with Gasteiger partial charge in [-0.05, 0) is 42.1 Å². The van der Waals surface area contributed by atoms with Crippen molar-refractivity contribution < 1.29 is 0 Å². The molecule has 0 N–H and O–H groups in total. The van der Waals surface area contributed by atoms with Gasteiger partial charge in [0.2, 0.25) is 0 Å². The van der Waals surface area contributed by atoms with Crippen molar-refractivity contribution in [3.05, 3.63) is 82.9 Å². The third-order valence-corrected chi connectivity index (χ3v) is 5.58. The fraction of sp³-hybridized carbons (Fsp3) is 0.125. The third-order valence-electron chi connectivity index (χ3n) is 4.59. The molecule has 2 nitrogen and oxygen atoms in total. The Labute approximate surface area is 164 Å². The smallest absolute Gasteiger partial charge is 0.117 e. The van der Waals surface area contributed by atoms with Crippen LogP contribution in [0, 0.1) is 0 Å². The average molecular weight is 371 g/mol. The Morgan fingerprint density at radius 1 is 0.963 bits per heavy atom. The Bertz CT molecular complexity index is 1150. The van der Waals surface area contributed by atoms with Gasteiger partial charge in [-0.3, -0.25) is 0 Å². The average Bonchev–Trinajstić information content (AvgIpc) is 3.10. The number of hydrogen-bond donors (Lipinski definition) is 0. The molecule has 0 spiro atoms. The van der Waals surface area contributed by atoms with Gasteiger partial charge in [-0.2, -0.15) is 0 Å². The summed E-state index contributed by atoms with van der Waals surface area (Å²) in [6.45, 7) is 2.12. The van der Waals surface area contributed by atoms with Crippen LogP contribution in [0.5, 0.6) is 0 Å². The van der Waals surface area contributed by atoms with E-state index in [9.17, 15) is 0 Å². The highest BCUT2D eigenvalue weighted by Crippen LogP contribution is 2.30. The van der Waals surface area contributed by atoms with Crippen molar-refractivity contribution in [3.63, 3.8) is 0 Å². The predicted octanol–water partition coefficient (Wildman–Crippen LogP) is 6.63. The highest BCUT2D eigenvalue weighted by Gasteiger charge is 2.05. The van der Waals surface area contributed by atoms with Crippen molar-refractivity contribution >= 4 is 50.2 Å². The molecule has 134 valence electrons. The van der Waals surface area contributed by atoms with E-state index in [0.29, 0.717) is 0 Å². The monoisotopic (exact) mass is 370 g/mol. The second-order valence-electron chi connectivity index (χ2n) is 6.89. The number of nitrogens with zero attached hydrogens (tertiary/aromatic N) is 2. The van der Waals surface area contributed by atoms with Gasteiger partial charge in [0.05, 0.1) is 10.2 Å². The molecule has 0 radical (unpaired) electrons. The number of rotatable bonds is 4. The van der Waals surface area contributed by atoms with Crippen molar-refractivity contribution in [2.75, 3.05) is 19.0 Å². The van der Waals surface area contributed by atoms with Crippen LogP contribution in [0.25, 0.3) is 33.1 Å². The summed E-state index contributed by atoms with van der Waals surface area (Å²) in [5.41, 5.74) is 4.72. The van der Waals surface area contributed by atoms with Gasteiger partial charge in [-0.15, -0.1) is 11.3 Å². The van der Waals surface area contributed by atoms with Crippen molar-refractivity contribution in [1.82, 2.24) is 4.98 Å². The summed E-state index contributed by atoms with van der Waals surface area (Å²) in [6, 6.07) is 21.3. The van der Waals surface area contributed by atoms with Gasteiger partial charge in [0.1, 0.15) is 5.01 Å². The van der Waals surface area contributed by atoms with Crippen molar-refractivity contribution in [2.24, 2.45) is 0 Å². The molecule has 27 heavy (non-hydrogen) atoms. The van der Waals surface area contributed by atoms with E-state index in [1.165, 1.54) is 32.3 Å². The molecular formula is C24H22N2S. The molecular weight excluding hydrogens is 348 g/mol. The first-order valence-corrected chi connectivity index (χ1v) is 9.84. The first-order chi connectivity index (χ1) is 13.1. The summed E-state index contributed by atoms with van der Waals surface area (Å²) < 4.78 is 1.23. The summed E-state index contributed by atoms with van der Waals surface area (Å²) in [7, 11) is 4.11. The van der Waals surface area contributed by atoms with Crippen LogP contribution in [0.15, 0.2) is 72.3 Å². The maximum absolute atomic E-state index is 4.85. The van der Waals surface area contributed by atoms with Gasteiger partial charge in [0.15, 0.2) is 0 Å². The number of fused-ring (bicyclic) bond motifs is 3. The predicted molar refractivity (Wildman–Crippen MR) is 121 cm³/mol. The maximum Gasteiger partial charge on any atom is 0.117 e. The Morgan fingerprint density at radius 2 is 1.74 bits per heavy atom. The lowest BCUT2D eigenvalue weighted by Crippen LogP contribution is -2.07. The van der Waals surface area contributed by atoms with Gasteiger partial charge >= 0.3 is 0 Å². The standard InChI is InChI=1S/C24H22N2S/c1-17(16-18-9-12-20(13-10-18)26(2)3)8-15-23-25-24-21-7-5-4-6-19(21)11-14-22(24)27-23/h4-16H,1-3H3. The number of benzene rings is 3. The minimum Gasteiger partial charge on any atom is -0.378 e. The molecule has 0 saturated carbocycles. The molecule has 1 heterocycles. The van der Waals surface area contributed by atoms with Crippen LogP contribution >= 0.6 is 11.3 Å². The Morgan fingerprint density at radius 3 is 2.52 bits per heavy atom. The molecule has 0 saturated heterocycles. The van der Waals surface area contributed by atoms with E-state index >= 15 is 0 Å². The first-order valence-electron chi connectivity index (χ1n) is 9.02. The molecule has 3 heteroatoms. The third kappa shape index (κ3) is 3.79. The van der Waals surface area contributed by atoms with E-state index < -0.39 is 0 Å². The topological polar surface area (TPSA) is 16.1 Å². The van der Waals surface area contributed by atoms with Crippen LogP contribution < -0.4 is 4.90 Å².